The van der Waals surface area contributed by atoms with Gasteiger partial charge in [-0.2, -0.15) is 0 Å². The Labute approximate surface area is 332 Å². The molecule has 0 fully saturated rings. The normalized spacial score (nSPS) is 12.7. The van der Waals surface area contributed by atoms with Crippen LogP contribution in [0.25, 0.3) is 0 Å². The van der Waals surface area contributed by atoms with E-state index in [1.165, 1.54) is 128 Å². The summed E-state index contributed by atoms with van der Waals surface area (Å²) in [7, 11) is -4.76. The SMILES string of the molecule is CC/C=C/C=C/C=C/CCCCCCCC(=O)OC(COC(=O)CCCCCCCCCCCCCCCCCCCCCCCCC)COP(=O)(O)O. The lowest BCUT2D eigenvalue weighted by Crippen LogP contribution is -2.29. The van der Waals surface area contributed by atoms with Gasteiger partial charge in [-0.05, 0) is 32.1 Å². The molecule has 0 heterocycles. The molecule has 0 aromatic carbocycles. The molecule has 0 spiro atoms. The standard InChI is InChI=1S/C45H83O8P/c1-3-5-7-9-11-13-15-17-18-19-20-21-22-23-24-25-26-28-29-31-33-35-37-39-44(46)51-41-43(42-52-54(48,49)50)53-45(47)40-38-36-34-32-30-27-16-14-12-10-8-6-4-2/h6,8,10,12,14,16,43H,3-5,7,9,11,13,15,17-42H2,1-2H3,(H2,48,49,50)/b8-6+,12-10+,16-14+. The number of carbonyl (C=O) groups excluding carboxylic acids is 2. The molecule has 54 heavy (non-hydrogen) atoms. The Morgan fingerprint density at radius 1 is 0.500 bits per heavy atom. The predicted octanol–water partition coefficient (Wildman–Crippen LogP) is 13.7. The molecule has 8 nitrogen and oxygen atoms in total. The van der Waals surface area contributed by atoms with Crippen molar-refractivity contribution in [3.63, 3.8) is 0 Å². The van der Waals surface area contributed by atoms with Crippen LogP contribution in [0.5, 0.6) is 0 Å². The van der Waals surface area contributed by atoms with E-state index >= 15 is 0 Å². The van der Waals surface area contributed by atoms with Crippen LogP contribution in [0.3, 0.4) is 0 Å². The zero-order valence-electron chi connectivity index (χ0n) is 34.9. The lowest BCUT2D eigenvalue weighted by Gasteiger charge is -2.18. The lowest BCUT2D eigenvalue weighted by molar-refractivity contribution is -0.161. The topological polar surface area (TPSA) is 119 Å². The van der Waals surface area contributed by atoms with Crippen LogP contribution in [0.15, 0.2) is 36.5 Å². The summed E-state index contributed by atoms with van der Waals surface area (Å²) < 4.78 is 26.4. The Morgan fingerprint density at radius 2 is 0.889 bits per heavy atom. The van der Waals surface area contributed by atoms with E-state index in [1.54, 1.807) is 0 Å². The Morgan fingerprint density at radius 3 is 1.31 bits per heavy atom. The number of ether oxygens (including phenoxy) is 2. The number of phosphoric acid groups is 1. The molecule has 0 saturated heterocycles. The molecule has 2 N–H and O–H groups in total. The van der Waals surface area contributed by atoms with E-state index in [-0.39, 0.29) is 19.4 Å². The van der Waals surface area contributed by atoms with Crippen molar-refractivity contribution in [3.05, 3.63) is 36.5 Å². The van der Waals surface area contributed by atoms with Gasteiger partial charge in [0.05, 0.1) is 6.61 Å². The summed E-state index contributed by atoms with van der Waals surface area (Å²) in [4.78, 5) is 42.8. The first-order valence-corrected chi connectivity index (χ1v) is 23.8. The van der Waals surface area contributed by atoms with E-state index in [0.29, 0.717) is 6.42 Å². The summed E-state index contributed by atoms with van der Waals surface area (Å²) in [5.74, 6) is -0.901. The number of allylic oxidation sites excluding steroid dienone is 6. The van der Waals surface area contributed by atoms with Crippen molar-refractivity contribution < 1.29 is 37.9 Å². The molecule has 0 bridgehead atoms. The third-order valence-corrected chi connectivity index (χ3v) is 10.2. The monoisotopic (exact) mass is 783 g/mol. The molecular formula is C45H83O8P. The van der Waals surface area contributed by atoms with Gasteiger partial charge in [-0.15, -0.1) is 0 Å². The van der Waals surface area contributed by atoms with Crippen molar-refractivity contribution >= 4 is 19.8 Å². The molecule has 9 heteroatoms. The van der Waals surface area contributed by atoms with E-state index in [1.807, 2.05) is 18.2 Å². The van der Waals surface area contributed by atoms with Crippen LogP contribution >= 0.6 is 7.82 Å². The Hall–Kier alpha value is -1.73. The maximum atomic E-state index is 12.4. The molecule has 0 aromatic heterocycles. The second-order valence-corrected chi connectivity index (χ2v) is 16.3. The van der Waals surface area contributed by atoms with Gasteiger partial charge in [-0.25, -0.2) is 4.57 Å². The second-order valence-electron chi connectivity index (χ2n) is 15.1. The second kappa shape index (κ2) is 40.9. The largest absolute Gasteiger partial charge is 0.469 e. The first kappa shape index (κ1) is 52.3. The highest BCUT2D eigenvalue weighted by Crippen LogP contribution is 2.36. The van der Waals surface area contributed by atoms with E-state index in [0.717, 1.165) is 57.8 Å². The third kappa shape index (κ3) is 43.0. The van der Waals surface area contributed by atoms with Crippen LogP contribution in [0.4, 0.5) is 0 Å². The molecule has 1 unspecified atom stereocenters. The van der Waals surface area contributed by atoms with Crippen LogP contribution in [0.1, 0.15) is 219 Å². The van der Waals surface area contributed by atoms with Crippen molar-refractivity contribution in [2.24, 2.45) is 0 Å². The van der Waals surface area contributed by atoms with Crippen molar-refractivity contribution in [2.75, 3.05) is 13.2 Å². The zero-order chi connectivity index (χ0) is 39.6. The first-order valence-electron chi connectivity index (χ1n) is 22.3. The Balaban J connectivity index is 3.80. The molecule has 0 amide bonds. The molecule has 316 valence electrons. The predicted molar refractivity (Wildman–Crippen MR) is 225 cm³/mol. The first-order chi connectivity index (χ1) is 26.3. The van der Waals surface area contributed by atoms with Crippen LogP contribution in [-0.4, -0.2) is 41.0 Å². The van der Waals surface area contributed by atoms with E-state index in [2.05, 4.69) is 36.6 Å². The third-order valence-electron chi connectivity index (χ3n) is 9.73. The lowest BCUT2D eigenvalue weighted by atomic mass is 10.0. The van der Waals surface area contributed by atoms with Crippen molar-refractivity contribution in [1.82, 2.24) is 0 Å². The number of unbranched alkanes of at least 4 members (excludes halogenated alkanes) is 27. The van der Waals surface area contributed by atoms with E-state index in [4.69, 9.17) is 19.3 Å². The van der Waals surface area contributed by atoms with Gasteiger partial charge in [0, 0.05) is 12.8 Å². The molecule has 0 aliphatic rings. The summed E-state index contributed by atoms with van der Waals surface area (Å²) >= 11 is 0. The molecule has 0 saturated carbocycles. The zero-order valence-corrected chi connectivity index (χ0v) is 35.8. The fraction of sp³-hybridized carbons (Fsp3) is 0.822. The van der Waals surface area contributed by atoms with Gasteiger partial charge in [0.25, 0.3) is 0 Å². The van der Waals surface area contributed by atoms with Gasteiger partial charge >= 0.3 is 19.8 Å². The number of esters is 2. The van der Waals surface area contributed by atoms with Crippen LogP contribution in [0, 0.1) is 0 Å². The minimum Gasteiger partial charge on any atom is -0.462 e. The molecule has 0 aliphatic heterocycles. The van der Waals surface area contributed by atoms with E-state index in [9.17, 15) is 14.2 Å². The molecule has 0 radical (unpaired) electrons. The number of rotatable bonds is 41. The van der Waals surface area contributed by atoms with Crippen LogP contribution in [-0.2, 0) is 28.2 Å². The van der Waals surface area contributed by atoms with Gasteiger partial charge in [-0.3, -0.25) is 14.1 Å². The maximum absolute atomic E-state index is 12.4. The summed E-state index contributed by atoms with van der Waals surface area (Å²) in [5, 5.41) is 0. The molecule has 0 aromatic rings. The number of phosphoric ester groups is 1. The fourth-order valence-electron chi connectivity index (χ4n) is 6.43. The highest BCUT2D eigenvalue weighted by atomic mass is 31.2. The maximum Gasteiger partial charge on any atom is 0.469 e. The smallest absolute Gasteiger partial charge is 0.462 e. The average Bonchev–Trinajstić information content (AvgIpc) is 3.14. The molecule has 0 aliphatic carbocycles. The quantitative estimate of drug-likeness (QED) is 0.0272. The van der Waals surface area contributed by atoms with Crippen molar-refractivity contribution in [2.45, 2.75) is 225 Å². The van der Waals surface area contributed by atoms with Crippen molar-refractivity contribution in [3.8, 4) is 0 Å². The van der Waals surface area contributed by atoms with Gasteiger partial charge in [0.2, 0.25) is 0 Å². The van der Waals surface area contributed by atoms with Gasteiger partial charge in [-0.1, -0.05) is 211 Å². The Kier molecular flexibility index (Phi) is 39.6. The summed E-state index contributed by atoms with van der Waals surface area (Å²) in [6.07, 6.45) is 48.8. The minimum atomic E-state index is -4.76. The van der Waals surface area contributed by atoms with Crippen LogP contribution in [0.2, 0.25) is 0 Å². The van der Waals surface area contributed by atoms with E-state index < -0.39 is 32.5 Å². The fourth-order valence-corrected chi connectivity index (χ4v) is 6.79. The number of carbonyl (C=O) groups is 2. The molecular weight excluding hydrogens is 699 g/mol. The highest BCUT2D eigenvalue weighted by Gasteiger charge is 2.22. The summed E-state index contributed by atoms with van der Waals surface area (Å²) in [6.45, 7) is 3.56. The Bertz CT molecular complexity index is 973. The minimum absolute atomic E-state index is 0.190. The molecule has 1 atom stereocenters. The number of hydrogen-bond acceptors (Lipinski definition) is 6. The summed E-state index contributed by atoms with van der Waals surface area (Å²) in [6, 6.07) is 0. The average molecular weight is 783 g/mol. The molecule has 0 rings (SSSR count). The van der Waals surface area contributed by atoms with Crippen LogP contribution < -0.4 is 0 Å². The van der Waals surface area contributed by atoms with Crippen molar-refractivity contribution in [1.29, 1.82) is 0 Å². The van der Waals surface area contributed by atoms with Gasteiger partial charge < -0.3 is 19.3 Å². The highest BCUT2D eigenvalue weighted by molar-refractivity contribution is 7.46. The summed E-state index contributed by atoms with van der Waals surface area (Å²) in [5.41, 5.74) is 0. The van der Waals surface area contributed by atoms with Gasteiger partial charge in [0.15, 0.2) is 6.10 Å². The number of hydrogen-bond donors (Lipinski definition) is 2. The van der Waals surface area contributed by atoms with Gasteiger partial charge in [0.1, 0.15) is 6.61 Å².